The summed E-state index contributed by atoms with van der Waals surface area (Å²) in [7, 11) is 0. The fourth-order valence-electron chi connectivity index (χ4n) is 2.85. The van der Waals surface area contributed by atoms with Gasteiger partial charge in [0.15, 0.2) is 5.76 Å². The Morgan fingerprint density at radius 1 is 1.16 bits per heavy atom. The normalized spacial score (nSPS) is 11.0. The first-order chi connectivity index (χ1) is 12.1. The Morgan fingerprint density at radius 3 is 2.92 bits per heavy atom. The van der Waals surface area contributed by atoms with Gasteiger partial charge in [0.25, 0.3) is 5.91 Å². The largest absolute Gasteiger partial charge is 0.459 e. The molecule has 2 N–H and O–H groups in total. The molecule has 4 aromatic rings. The molecule has 0 bridgehead atoms. The summed E-state index contributed by atoms with van der Waals surface area (Å²) in [5.41, 5.74) is 4.52. The van der Waals surface area contributed by atoms with Crippen LogP contribution in [0.4, 0.5) is 5.69 Å². The van der Waals surface area contributed by atoms with E-state index >= 15 is 0 Å². The second kappa shape index (κ2) is 6.15. The van der Waals surface area contributed by atoms with E-state index < -0.39 is 0 Å². The van der Waals surface area contributed by atoms with Crippen LogP contribution in [0.3, 0.4) is 0 Å². The zero-order chi connectivity index (χ0) is 17.4. The first-order valence-corrected chi connectivity index (χ1v) is 8.22. The number of aryl methyl sites for hydroxylation is 1. The van der Waals surface area contributed by atoms with Crippen molar-refractivity contribution in [2.45, 2.75) is 6.92 Å². The number of halogens is 1. The highest BCUT2D eigenvalue weighted by molar-refractivity contribution is 6.31. The minimum Gasteiger partial charge on any atom is -0.459 e. The molecule has 124 valence electrons. The Kier molecular flexibility index (Phi) is 3.82. The Morgan fingerprint density at radius 2 is 2.04 bits per heavy atom. The van der Waals surface area contributed by atoms with Crippen LogP contribution in [0.1, 0.15) is 16.1 Å². The van der Waals surface area contributed by atoms with Crippen molar-refractivity contribution < 1.29 is 9.21 Å². The van der Waals surface area contributed by atoms with E-state index in [1.54, 1.807) is 24.5 Å². The molecule has 25 heavy (non-hydrogen) atoms. The Bertz CT molecular complexity index is 1080. The van der Waals surface area contributed by atoms with Gasteiger partial charge in [-0.1, -0.05) is 29.8 Å². The predicted octanol–water partition coefficient (Wildman–Crippen LogP) is 5.64. The van der Waals surface area contributed by atoms with Crippen LogP contribution >= 0.6 is 11.6 Å². The van der Waals surface area contributed by atoms with Gasteiger partial charge in [0, 0.05) is 33.4 Å². The third-order valence-electron chi connectivity index (χ3n) is 4.18. The second-order valence-corrected chi connectivity index (χ2v) is 6.29. The van der Waals surface area contributed by atoms with Crippen molar-refractivity contribution >= 4 is 34.1 Å². The molecule has 4 nitrogen and oxygen atoms in total. The molecule has 0 radical (unpaired) electrons. The molecule has 2 aromatic heterocycles. The molecule has 5 heteroatoms. The van der Waals surface area contributed by atoms with Crippen molar-refractivity contribution in [3.05, 3.63) is 77.3 Å². The van der Waals surface area contributed by atoms with Gasteiger partial charge in [0.05, 0.1) is 6.26 Å². The number of anilines is 1. The number of rotatable bonds is 3. The molecule has 0 saturated carbocycles. The number of carbonyl (C=O) groups excluding carboxylic acids is 1. The van der Waals surface area contributed by atoms with Gasteiger partial charge in [-0.3, -0.25) is 4.79 Å². The summed E-state index contributed by atoms with van der Waals surface area (Å²) in [4.78, 5) is 15.7. The number of H-pyrrole nitrogens is 1. The van der Waals surface area contributed by atoms with Crippen LogP contribution < -0.4 is 5.32 Å². The Hall–Kier alpha value is -2.98. The maximum Gasteiger partial charge on any atom is 0.291 e. The van der Waals surface area contributed by atoms with Crippen LogP contribution in [0.15, 0.2) is 65.4 Å². The van der Waals surface area contributed by atoms with Gasteiger partial charge in [-0.25, -0.2) is 0 Å². The van der Waals surface area contributed by atoms with E-state index in [4.69, 9.17) is 16.0 Å². The molecule has 0 unspecified atom stereocenters. The van der Waals surface area contributed by atoms with E-state index in [1.807, 2.05) is 43.5 Å². The molecule has 0 saturated heterocycles. The number of nitrogens with one attached hydrogen (secondary N) is 2. The molecule has 0 spiro atoms. The highest BCUT2D eigenvalue weighted by Crippen LogP contribution is 2.30. The van der Waals surface area contributed by atoms with Crippen molar-refractivity contribution in [2.24, 2.45) is 0 Å². The Balaban J connectivity index is 1.64. The lowest BCUT2D eigenvalue weighted by molar-refractivity contribution is 0.0996. The molecule has 2 aromatic carbocycles. The fourth-order valence-corrected chi connectivity index (χ4v) is 3.02. The smallest absolute Gasteiger partial charge is 0.291 e. The van der Waals surface area contributed by atoms with Crippen molar-refractivity contribution in [1.29, 1.82) is 0 Å². The molecule has 0 aliphatic rings. The van der Waals surface area contributed by atoms with Crippen LogP contribution in [0, 0.1) is 6.92 Å². The Labute approximate surface area is 149 Å². The van der Waals surface area contributed by atoms with Crippen molar-refractivity contribution in [2.75, 3.05) is 5.32 Å². The molecule has 0 atom stereocenters. The van der Waals surface area contributed by atoms with E-state index in [0.29, 0.717) is 10.7 Å². The lowest BCUT2D eigenvalue weighted by Gasteiger charge is -2.07. The van der Waals surface area contributed by atoms with E-state index in [2.05, 4.69) is 10.3 Å². The number of fused-ring (bicyclic) bond motifs is 1. The molecule has 0 aliphatic heterocycles. The summed E-state index contributed by atoms with van der Waals surface area (Å²) in [5, 5.41) is 4.49. The number of carbonyl (C=O) groups is 1. The summed E-state index contributed by atoms with van der Waals surface area (Å²) in [6, 6.07) is 15.1. The average Bonchev–Trinajstić information content (AvgIpc) is 3.26. The quantitative estimate of drug-likeness (QED) is 0.502. The van der Waals surface area contributed by atoms with Gasteiger partial charge in [-0.15, -0.1) is 0 Å². The molecule has 0 fully saturated rings. The molecular formula is C20H15ClN2O2. The predicted molar refractivity (Wildman–Crippen MR) is 100 cm³/mol. The molecule has 2 heterocycles. The molecular weight excluding hydrogens is 336 g/mol. The van der Waals surface area contributed by atoms with Crippen LogP contribution in [-0.4, -0.2) is 10.9 Å². The van der Waals surface area contributed by atoms with E-state index in [9.17, 15) is 4.79 Å². The summed E-state index contributed by atoms with van der Waals surface area (Å²) in [6.45, 7) is 1.91. The number of furan rings is 1. The number of hydrogen-bond donors (Lipinski definition) is 2. The van der Waals surface area contributed by atoms with E-state index in [0.717, 1.165) is 27.6 Å². The molecule has 0 aliphatic carbocycles. The minimum absolute atomic E-state index is 0.252. The monoisotopic (exact) mass is 350 g/mol. The summed E-state index contributed by atoms with van der Waals surface area (Å²) >= 11 is 6.00. The van der Waals surface area contributed by atoms with Crippen molar-refractivity contribution in [1.82, 2.24) is 4.98 Å². The molecule has 4 rings (SSSR count). The van der Waals surface area contributed by atoms with Crippen molar-refractivity contribution in [3.8, 4) is 11.1 Å². The van der Waals surface area contributed by atoms with Crippen LogP contribution in [0.2, 0.25) is 5.02 Å². The lowest BCUT2D eigenvalue weighted by Crippen LogP contribution is -2.11. The van der Waals surface area contributed by atoms with Crippen molar-refractivity contribution in [3.63, 3.8) is 0 Å². The van der Waals surface area contributed by atoms with Crippen LogP contribution in [-0.2, 0) is 0 Å². The maximum atomic E-state index is 12.5. The SMILES string of the molecule is Cc1ccc(Cl)cc1NC(=O)c1cc(-c2cccc3[nH]ccc23)co1. The van der Waals surface area contributed by atoms with E-state index in [1.165, 1.54) is 0 Å². The maximum absolute atomic E-state index is 12.5. The minimum atomic E-state index is -0.308. The number of amides is 1. The number of benzene rings is 2. The summed E-state index contributed by atoms with van der Waals surface area (Å²) < 4.78 is 5.49. The van der Waals surface area contributed by atoms with Gasteiger partial charge in [0.1, 0.15) is 0 Å². The number of hydrogen-bond acceptors (Lipinski definition) is 2. The summed E-state index contributed by atoms with van der Waals surface area (Å²) in [5.74, 6) is -0.0558. The zero-order valence-electron chi connectivity index (χ0n) is 13.5. The van der Waals surface area contributed by atoms with Gasteiger partial charge in [-0.2, -0.15) is 0 Å². The van der Waals surface area contributed by atoms with Gasteiger partial charge >= 0.3 is 0 Å². The first kappa shape index (κ1) is 15.5. The number of aromatic nitrogens is 1. The van der Waals surface area contributed by atoms with Crippen LogP contribution in [0.5, 0.6) is 0 Å². The topological polar surface area (TPSA) is 58.0 Å². The average molecular weight is 351 g/mol. The lowest BCUT2D eigenvalue weighted by atomic mass is 10.0. The second-order valence-electron chi connectivity index (χ2n) is 5.86. The highest BCUT2D eigenvalue weighted by Gasteiger charge is 2.15. The highest BCUT2D eigenvalue weighted by atomic mass is 35.5. The first-order valence-electron chi connectivity index (χ1n) is 7.84. The molecule has 1 amide bonds. The van der Waals surface area contributed by atoms with E-state index in [-0.39, 0.29) is 11.7 Å². The van der Waals surface area contributed by atoms with Gasteiger partial charge < -0.3 is 14.7 Å². The third kappa shape index (κ3) is 2.92. The third-order valence-corrected chi connectivity index (χ3v) is 4.41. The fraction of sp³-hybridized carbons (Fsp3) is 0.0500. The summed E-state index contributed by atoms with van der Waals surface area (Å²) in [6.07, 6.45) is 3.49. The zero-order valence-corrected chi connectivity index (χ0v) is 14.2. The van der Waals surface area contributed by atoms with Gasteiger partial charge in [0.2, 0.25) is 0 Å². The van der Waals surface area contributed by atoms with Gasteiger partial charge in [-0.05, 0) is 48.4 Å². The standard InChI is InChI=1S/C20H15ClN2O2/c1-12-5-6-14(21)10-18(12)23-20(24)19-9-13(11-25-19)15-3-2-4-17-16(15)7-8-22-17/h2-11,22H,1H3,(H,23,24). The number of aromatic amines is 1. The van der Waals surface area contributed by atoms with Crippen LogP contribution in [0.25, 0.3) is 22.0 Å².